The van der Waals surface area contributed by atoms with E-state index in [1.807, 2.05) is 12.1 Å². The largest absolute Gasteiger partial charge is 0.368 e. The molecule has 2 heterocycles. The SMILES string of the molecule is NC(=O)Cn1ccn2nc(-c3ccc(Cl)cc3)cc2c1=O. The highest BCUT2D eigenvalue weighted by atomic mass is 35.5. The number of nitrogens with zero attached hydrogens (tertiary/aromatic N) is 3. The van der Waals surface area contributed by atoms with Crippen LogP contribution in [0.2, 0.25) is 5.02 Å². The van der Waals surface area contributed by atoms with Gasteiger partial charge in [-0.15, -0.1) is 0 Å². The molecule has 21 heavy (non-hydrogen) atoms. The van der Waals surface area contributed by atoms with Crippen molar-refractivity contribution < 1.29 is 4.79 Å². The van der Waals surface area contributed by atoms with Crippen molar-refractivity contribution in [1.82, 2.24) is 14.2 Å². The Hall–Kier alpha value is -2.60. The molecule has 0 saturated heterocycles. The summed E-state index contributed by atoms with van der Waals surface area (Å²) in [7, 11) is 0. The van der Waals surface area contributed by atoms with Crippen molar-refractivity contribution >= 4 is 23.0 Å². The number of fused-ring (bicyclic) bond motifs is 1. The van der Waals surface area contributed by atoms with Crippen molar-refractivity contribution in [2.45, 2.75) is 6.54 Å². The first-order valence-electron chi connectivity index (χ1n) is 6.17. The summed E-state index contributed by atoms with van der Waals surface area (Å²) in [6.45, 7) is -0.156. The first kappa shape index (κ1) is 13.4. The van der Waals surface area contributed by atoms with Crippen LogP contribution in [0.15, 0.2) is 47.5 Å². The topological polar surface area (TPSA) is 82.4 Å². The van der Waals surface area contributed by atoms with Crippen LogP contribution in [0.1, 0.15) is 0 Å². The molecule has 0 atom stereocenters. The number of hydrogen-bond acceptors (Lipinski definition) is 3. The van der Waals surface area contributed by atoms with E-state index in [1.165, 1.54) is 15.3 Å². The van der Waals surface area contributed by atoms with Gasteiger partial charge in [0.1, 0.15) is 12.1 Å². The minimum absolute atomic E-state index is 0.156. The monoisotopic (exact) mass is 302 g/mol. The van der Waals surface area contributed by atoms with Gasteiger partial charge in [-0.3, -0.25) is 9.59 Å². The van der Waals surface area contributed by atoms with Crippen molar-refractivity contribution in [2.24, 2.45) is 5.73 Å². The Labute approximate surface area is 124 Å². The Morgan fingerprint density at radius 2 is 1.95 bits per heavy atom. The molecule has 0 radical (unpaired) electrons. The third-order valence-electron chi connectivity index (χ3n) is 3.07. The summed E-state index contributed by atoms with van der Waals surface area (Å²) in [5.41, 5.74) is 6.68. The first-order chi connectivity index (χ1) is 10.0. The quantitative estimate of drug-likeness (QED) is 0.791. The standard InChI is InChI=1S/C14H11ClN4O2/c15-10-3-1-9(2-4-10)11-7-12-14(21)18(8-13(16)20)5-6-19(12)17-11/h1-7H,8H2,(H2,16,20). The second kappa shape index (κ2) is 5.06. The summed E-state index contributed by atoms with van der Waals surface area (Å²) in [6, 6.07) is 8.83. The molecule has 0 fully saturated rings. The van der Waals surface area contributed by atoms with E-state index in [9.17, 15) is 9.59 Å². The molecule has 106 valence electrons. The zero-order chi connectivity index (χ0) is 15.0. The Kier molecular flexibility index (Phi) is 3.23. The number of nitrogens with two attached hydrogens (primary N) is 1. The van der Waals surface area contributed by atoms with Crippen molar-refractivity contribution in [3.63, 3.8) is 0 Å². The molecule has 0 aliphatic rings. The molecule has 2 N–H and O–H groups in total. The number of aromatic nitrogens is 3. The number of rotatable bonds is 3. The van der Waals surface area contributed by atoms with Gasteiger partial charge < -0.3 is 10.3 Å². The Bertz CT molecular complexity index is 880. The summed E-state index contributed by atoms with van der Waals surface area (Å²) in [6.07, 6.45) is 3.10. The van der Waals surface area contributed by atoms with Crippen LogP contribution in [-0.2, 0) is 11.3 Å². The van der Waals surface area contributed by atoms with Crippen LogP contribution < -0.4 is 11.3 Å². The van der Waals surface area contributed by atoms with Gasteiger partial charge in [0, 0.05) is 23.0 Å². The van der Waals surface area contributed by atoms with Gasteiger partial charge in [0.2, 0.25) is 5.91 Å². The number of halogens is 1. The number of hydrogen-bond donors (Lipinski definition) is 1. The molecule has 6 nitrogen and oxygen atoms in total. The predicted molar refractivity (Wildman–Crippen MR) is 79.1 cm³/mol. The molecule has 0 unspecified atom stereocenters. The van der Waals surface area contributed by atoms with Crippen molar-refractivity contribution in [3.05, 3.63) is 58.1 Å². The molecule has 0 bridgehead atoms. The van der Waals surface area contributed by atoms with Gasteiger partial charge >= 0.3 is 0 Å². The molecule has 2 aromatic heterocycles. The van der Waals surface area contributed by atoms with Gasteiger partial charge in [-0.25, -0.2) is 4.52 Å². The van der Waals surface area contributed by atoms with Crippen LogP contribution in [0.4, 0.5) is 0 Å². The second-order valence-electron chi connectivity index (χ2n) is 4.56. The summed E-state index contributed by atoms with van der Waals surface area (Å²) in [5, 5.41) is 4.97. The summed E-state index contributed by atoms with van der Waals surface area (Å²) in [4.78, 5) is 23.2. The molecule has 0 aliphatic heterocycles. The third-order valence-corrected chi connectivity index (χ3v) is 3.32. The van der Waals surface area contributed by atoms with Crippen LogP contribution in [0.3, 0.4) is 0 Å². The summed E-state index contributed by atoms with van der Waals surface area (Å²) in [5.74, 6) is -0.570. The second-order valence-corrected chi connectivity index (χ2v) is 5.00. The number of amides is 1. The average Bonchev–Trinajstić information content (AvgIpc) is 2.87. The van der Waals surface area contributed by atoms with E-state index in [0.29, 0.717) is 16.2 Å². The molecule has 0 spiro atoms. The number of benzene rings is 1. The van der Waals surface area contributed by atoms with E-state index in [0.717, 1.165) is 5.56 Å². The molecule has 1 amide bonds. The van der Waals surface area contributed by atoms with E-state index < -0.39 is 5.91 Å². The fourth-order valence-corrected chi connectivity index (χ4v) is 2.21. The molecule has 3 aromatic rings. The smallest absolute Gasteiger partial charge is 0.277 e. The molecule has 7 heteroatoms. The average molecular weight is 303 g/mol. The van der Waals surface area contributed by atoms with Gasteiger partial charge in [-0.2, -0.15) is 5.10 Å². The lowest BCUT2D eigenvalue weighted by atomic mass is 10.1. The molecule has 3 rings (SSSR count). The van der Waals surface area contributed by atoms with Gasteiger partial charge in [-0.05, 0) is 18.2 Å². The fourth-order valence-electron chi connectivity index (χ4n) is 2.08. The fraction of sp³-hybridized carbons (Fsp3) is 0.0714. The highest BCUT2D eigenvalue weighted by molar-refractivity contribution is 6.30. The molecule has 1 aromatic carbocycles. The Morgan fingerprint density at radius 1 is 1.24 bits per heavy atom. The zero-order valence-corrected chi connectivity index (χ0v) is 11.6. The predicted octanol–water partition coefficient (Wildman–Crippen LogP) is 1.30. The van der Waals surface area contributed by atoms with Crippen molar-refractivity contribution in [1.29, 1.82) is 0 Å². The van der Waals surface area contributed by atoms with Crippen LogP contribution in [-0.4, -0.2) is 20.1 Å². The Morgan fingerprint density at radius 3 is 2.62 bits per heavy atom. The summed E-state index contributed by atoms with van der Waals surface area (Å²) < 4.78 is 2.73. The van der Waals surface area contributed by atoms with Crippen molar-refractivity contribution in [2.75, 3.05) is 0 Å². The van der Waals surface area contributed by atoms with E-state index in [4.69, 9.17) is 17.3 Å². The zero-order valence-electron chi connectivity index (χ0n) is 10.9. The van der Waals surface area contributed by atoms with Crippen LogP contribution >= 0.6 is 11.6 Å². The normalized spacial score (nSPS) is 10.9. The van der Waals surface area contributed by atoms with E-state index in [1.54, 1.807) is 24.4 Å². The minimum atomic E-state index is -0.570. The molecule has 0 saturated carbocycles. The van der Waals surface area contributed by atoms with Crippen LogP contribution in [0.5, 0.6) is 0 Å². The maximum atomic E-state index is 12.2. The highest BCUT2D eigenvalue weighted by Gasteiger charge is 2.10. The Balaban J connectivity index is 2.12. The van der Waals surface area contributed by atoms with E-state index >= 15 is 0 Å². The maximum absolute atomic E-state index is 12.2. The lowest BCUT2D eigenvalue weighted by Crippen LogP contribution is -2.28. The van der Waals surface area contributed by atoms with Gasteiger partial charge in [-0.1, -0.05) is 23.7 Å². The lowest BCUT2D eigenvalue weighted by molar-refractivity contribution is -0.118. The maximum Gasteiger partial charge on any atom is 0.277 e. The van der Waals surface area contributed by atoms with Crippen LogP contribution in [0, 0.1) is 0 Å². The number of carbonyl (C=O) groups excluding carboxylic acids is 1. The van der Waals surface area contributed by atoms with Gasteiger partial charge in [0.15, 0.2) is 0 Å². The molecular formula is C14H11ClN4O2. The lowest BCUT2D eigenvalue weighted by Gasteiger charge is -2.01. The highest BCUT2D eigenvalue weighted by Crippen LogP contribution is 2.20. The first-order valence-corrected chi connectivity index (χ1v) is 6.55. The molecule has 0 aliphatic carbocycles. The van der Waals surface area contributed by atoms with Gasteiger partial charge in [0.25, 0.3) is 5.56 Å². The third kappa shape index (κ3) is 2.53. The van der Waals surface area contributed by atoms with Crippen molar-refractivity contribution in [3.8, 4) is 11.3 Å². The van der Waals surface area contributed by atoms with Gasteiger partial charge in [0.05, 0.1) is 5.69 Å². The molecular weight excluding hydrogens is 292 g/mol. The van der Waals surface area contributed by atoms with E-state index in [-0.39, 0.29) is 12.1 Å². The minimum Gasteiger partial charge on any atom is -0.368 e. The number of primary amides is 1. The number of carbonyl (C=O) groups is 1. The van der Waals surface area contributed by atoms with E-state index in [2.05, 4.69) is 5.10 Å². The van der Waals surface area contributed by atoms with Crippen LogP contribution in [0.25, 0.3) is 16.8 Å². The summed E-state index contributed by atoms with van der Waals surface area (Å²) >= 11 is 5.85.